The molecule has 0 atom stereocenters. The second-order valence-electron chi connectivity index (χ2n) is 6.01. The Balaban J connectivity index is 2.67. The van der Waals surface area contributed by atoms with Crippen molar-refractivity contribution >= 4 is 11.5 Å². The number of rotatable bonds is 5. The van der Waals surface area contributed by atoms with E-state index in [0.717, 1.165) is 13.0 Å². The lowest BCUT2D eigenvalue weighted by molar-refractivity contribution is -0.117. The predicted molar refractivity (Wildman–Crippen MR) is 78.3 cm³/mol. The lowest BCUT2D eigenvalue weighted by Crippen LogP contribution is -2.12. The molecule has 0 unspecified atom stereocenters. The largest absolute Gasteiger partial charge is 0.385 e. The van der Waals surface area contributed by atoms with Crippen molar-refractivity contribution in [3.8, 4) is 0 Å². The maximum atomic E-state index is 10.9. The van der Waals surface area contributed by atoms with Gasteiger partial charge in [-0.25, -0.2) is 0 Å². The van der Waals surface area contributed by atoms with Gasteiger partial charge in [-0.15, -0.1) is 0 Å². The predicted octanol–water partition coefficient (Wildman–Crippen LogP) is 4.07. The molecule has 1 aromatic carbocycles. The van der Waals surface area contributed by atoms with Crippen molar-refractivity contribution in [2.75, 3.05) is 11.9 Å². The molecule has 0 fully saturated rings. The Labute approximate surface area is 111 Å². The third-order valence-electron chi connectivity index (χ3n) is 3.12. The van der Waals surface area contributed by atoms with Gasteiger partial charge < -0.3 is 10.1 Å². The summed E-state index contributed by atoms with van der Waals surface area (Å²) in [5.74, 6) is 0.261. The van der Waals surface area contributed by atoms with Gasteiger partial charge in [0, 0.05) is 18.7 Å². The summed E-state index contributed by atoms with van der Waals surface area (Å²) in [6, 6.07) is 6.58. The molecule has 1 aromatic rings. The summed E-state index contributed by atoms with van der Waals surface area (Å²) >= 11 is 0. The molecule has 0 aliphatic carbocycles. The summed E-state index contributed by atoms with van der Waals surface area (Å²) < 4.78 is 0. The van der Waals surface area contributed by atoms with E-state index in [0.29, 0.717) is 6.42 Å². The van der Waals surface area contributed by atoms with Crippen LogP contribution in [0.2, 0.25) is 0 Å². The smallest absolute Gasteiger partial charge is 0.129 e. The van der Waals surface area contributed by atoms with Crippen LogP contribution in [-0.4, -0.2) is 12.3 Å². The summed E-state index contributed by atoms with van der Waals surface area (Å²) in [4.78, 5) is 10.9. The summed E-state index contributed by atoms with van der Waals surface area (Å²) in [7, 11) is 0. The van der Waals surface area contributed by atoms with Crippen LogP contribution < -0.4 is 5.32 Å². The molecule has 0 heterocycles. The van der Waals surface area contributed by atoms with E-state index in [1.165, 1.54) is 16.8 Å². The number of nitrogens with one attached hydrogen (secondary N) is 1. The van der Waals surface area contributed by atoms with Crippen LogP contribution in [0.5, 0.6) is 0 Å². The van der Waals surface area contributed by atoms with Crippen molar-refractivity contribution in [1.29, 1.82) is 0 Å². The Bertz CT molecular complexity index is 416. The molecule has 0 bridgehead atoms. The van der Waals surface area contributed by atoms with Gasteiger partial charge in [0.1, 0.15) is 5.78 Å². The third kappa shape index (κ3) is 4.52. The Kier molecular flexibility index (Phi) is 4.94. The molecule has 2 nitrogen and oxygen atoms in total. The van der Waals surface area contributed by atoms with Crippen LogP contribution in [-0.2, 0) is 10.2 Å². The lowest BCUT2D eigenvalue weighted by atomic mass is 9.86. The first kappa shape index (κ1) is 14.7. The first-order valence-corrected chi connectivity index (χ1v) is 6.65. The molecule has 1 rings (SSSR count). The highest BCUT2D eigenvalue weighted by Gasteiger charge is 2.14. The number of carbonyl (C=O) groups is 1. The van der Waals surface area contributed by atoms with Crippen LogP contribution in [0.25, 0.3) is 0 Å². The zero-order valence-corrected chi connectivity index (χ0v) is 12.3. The maximum Gasteiger partial charge on any atom is 0.129 e. The number of benzene rings is 1. The summed E-state index contributed by atoms with van der Waals surface area (Å²) in [5, 5.41) is 3.43. The molecule has 1 N–H and O–H groups in total. The van der Waals surface area contributed by atoms with Crippen LogP contribution in [0.3, 0.4) is 0 Å². The van der Waals surface area contributed by atoms with E-state index >= 15 is 0 Å². The van der Waals surface area contributed by atoms with Crippen molar-refractivity contribution in [3.05, 3.63) is 29.3 Å². The maximum absolute atomic E-state index is 10.9. The molecule has 0 saturated heterocycles. The van der Waals surface area contributed by atoms with Gasteiger partial charge in [0.2, 0.25) is 0 Å². The van der Waals surface area contributed by atoms with Gasteiger partial charge >= 0.3 is 0 Å². The molecule has 0 aliphatic heterocycles. The number of ketones is 1. The van der Waals surface area contributed by atoms with Crippen LogP contribution in [0.15, 0.2) is 18.2 Å². The zero-order chi connectivity index (χ0) is 13.8. The van der Waals surface area contributed by atoms with Gasteiger partial charge in [0.15, 0.2) is 0 Å². The Morgan fingerprint density at radius 2 is 1.94 bits per heavy atom. The third-order valence-corrected chi connectivity index (χ3v) is 3.12. The number of anilines is 1. The van der Waals surface area contributed by atoms with Crippen LogP contribution in [0.1, 0.15) is 51.7 Å². The molecule has 0 aromatic heterocycles. The average Bonchev–Trinajstić information content (AvgIpc) is 2.24. The monoisotopic (exact) mass is 247 g/mol. The fourth-order valence-electron chi connectivity index (χ4n) is 1.84. The minimum absolute atomic E-state index is 0.170. The van der Waals surface area contributed by atoms with E-state index < -0.39 is 0 Å². The van der Waals surface area contributed by atoms with E-state index in [-0.39, 0.29) is 11.2 Å². The molecule has 0 spiro atoms. The minimum Gasteiger partial charge on any atom is -0.385 e. The van der Waals surface area contributed by atoms with Gasteiger partial charge in [-0.05, 0) is 42.9 Å². The lowest BCUT2D eigenvalue weighted by Gasteiger charge is -2.21. The van der Waals surface area contributed by atoms with E-state index in [1.807, 2.05) is 0 Å². The van der Waals surface area contributed by atoms with Crippen molar-refractivity contribution in [1.82, 2.24) is 0 Å². The minimum atomic E-state index is 0.170. The first-order chi connectivity index (χ1) is 8.30. The fraction of sp³-hybridized carbons (Fsp3) is 0.562. The highest BCUT2D eigenvalue weighted by atomic mass is 16.1. The van der Waals surface area contributed by atoms with E-state index in [9.17, 15) is 4.79 Å². The highest BCUT2D eigenvalue weighted by molar-refractivity contribution is 5.75. The molecule has 100 valence electrons. The molecule has 0 aliphatic rings. The number of hydrogen-bond donors (Lipinski definition) is 1. The zero-order valence-electron chi connectivity index (χ0n) is 12.3. The molecule has 0 radical (unpaired) electrons. The average molecular weight is 247 g/mol. The number of carbonyl (C=O) groups excluding carboxylic acids is 1. The number of hydrogen-bond acceptors (Lipinski definition) is 2. The molecular formula is C16H25NO. The summed E-state index contributed by atoms with van der Waals surface area (Å²) in [6.45, 7) is 11.3. The standard InChI is InChI=1S/C16H25NO/c1-12-8-9-14(16(3,4)5)11-15(12)17-10-6-7-13(2)18/h8-9,11,17H,6-7,10H2,1-5H3. The van der Waals surface area contributed by atoms with Gasteiger partial charge in [-0.3, -0.25) is 0 Å². The molecule has 18 heavy (non-hydrogen) atoms. The highest BCUT2D eigenvalue weighted by Crippen LogP contribution is 2.26. The molecule has 0 amide bonds. The van der Waals surface area contributed by atoms with E-state index in [2.05, 4.69) is 51.2 Å². The van der Waals surface area contributed by atoms with Gasteiger partial charge in [0.05, 0.1) is 0 Å². The Hall–Kier alpha value is -1.31. The normalized spacial score (nSPS) is 11.4. The van der Waals surface area contributed by atoms with Crippen molar-refractivity contribution in [2.45, 2.75) is 52.9 Å². The van der Waals surface area contributed by atoms with Gasteiger partial charge in [0.25, 0.3) is 0 Å². The fourth-order valence-corrected chi connectivity index (χ4v) is 1.84. The Morgan fingerprint density at radius 3 is 2.50 bits per heavy atom. The van der Waals surface area contributed by atoms with Crippen LogP contribution in [0.4, 0.5) is 5.69 Å². The van der Waals surface area contributed by atoms with Crippen LogP contribution in [0, 0.1) is 6.92 Å². The quantitative estimate of drug-likeness (QED) is 0.795. The second kappa shape index (κ2) is 6.03. The van der Waals surface area contributed by atoms with Gasteiger partial charge in [-0.2, -0.15) is 0 Å². The molecule has 2 heteroatoms. The second-order valence-corrected chi connectivity index (χ2v) is 6.01. The van der Waals surface area contributed by atoms with E-state index in [4.69, 9.17) is 0 Å². The summed E-state index contributed by atoms with van der Waals surface area (Å²) in [6.07, 6.45) is 1.56. The number of aryl methyl sites for hydroxylation is 1. The molecule has 0 saturated carbocycles. The van der Waals surface area contributed by atoms with Crippen LogP contribution >= 0.6 is 0 Å². The van der Waals surface area contributed by atoms with Gasteiger partial charge in [-0.1, -0.05) is 32.9 Å². The number of Topliss-reactive ketones (excluding diaryl/α,β-unsaturated/α-hetero) is 1. The van der Waals surface area contributed by atoms with E-state index in [1.54, 1.807) is 6.92 Å². The van der Waals surface area contributed by atoms with Crippen molar-refractivity contribution in [2.24, 2.45) is 0 Å². The van der Waals surface area contributed by atoms with Crippen molar-refractivity contribution < 1.29 is 4.79 Å². The topological polar surface area (TPSA) is 29.1 Å². The SMILES string of the molecule is CC(=O)CCCNc1cc(C(C)(C)C)ccc1C. The summed E-state index contributed by atoms with van der Waals surface area (Å²) in [5.41, 5.74) is 3.95. The Morgan fingerprint density at radius 1 is 1.28 bits per heavy atom. The molecular weight excluding hydrogens is 222 g/mol. The van der Waals surface area contributed by atoms with Crippen molar-refractivity contribution in [3.63, 3.8) is 0 Å². The first-order valence-electron chi connectivity index (χ1n) is 6.65.